The second-order valence-electron chi connectivity index (χ2n) is 4.85. The number of para-hydroxylation sites is 1. The van der Waals surface area contributed by atoms with Gasteiger partial charge < -0.3 is 0 Å². The zero-order valence-corrected chi connectivity index (χ0v) is 12.7. The van der Waals surface area contributed by atoms with E-state index >= 15 is 0 Å². The zero-order valence-electron chi connectivity index (χ0n) is 11.9. The molecular weight excluding hydrogens is 306 g/mol. The van der Waals surface area contributed by atoms with Crippen LogP contribution in [-0.4, -0.2) is 30.4 Å². The van der Waals surface area contributed by atoms with Gasteiger partial charge >= 0.3 is 10.3 Å². The first kappa shape index (κ1) is 16.2. The molecule has 2 rings (SSSR count). The lowest BCUT2D eigenvalue weighted by Gasteiger charge is -2.27. The molecule has 1 unspecified atom stereocenters. The molecule has 2 aromatic rings. The van der Waals surface area contributed by atoms with E-state index in [1.165, 1.54) is 19.2 Å². The maximum absolute atomic E-state index is 11.8. The van der Waals surface area contributed by atoms with Crippen molar-refractivity contribution in [2.45, 2.75) is 6.54 Å². The van der Waals surface area contributed by atoms with Crippen LogP contribution >= 0.6 is 0 Å². The average Bonchev–Trinajstić information content (AvgIpc) is 2.47. The molecule has 1 N–H and O–H groups in total. The van der Waals surface area contributed by atoms with Gasteiger partial charge in [0.1, 0.15) is 7.05 Å². The highest BCUT2D eigenvalue weighted by molar-refractivity contribution is 7.79. The molecule has 0 saturated carbocycles. The maximum Gasteiger partial charge on any atom is 0.473 e. The van der Waals surface area contributed by atoms with Crippen LogP contribution in [0, 0.1) is 0 Å². The van der Waals surface area contributed by atoms with Crippen LogP contribution in [0.3, 0.4) is 0 Å². The molecule has 0 spiro atoms. The van der Waals surface area contributed by atoms with Gasteiger partial charge in [-0.25, -0.2) is 4.55 Å². The molecule has 0 heterocycles. The van der Waals surface area contributed by atoms with E-state index in [-0.39, 0.29) is 17.9 Å². The number of carbonyl (C=O) groups is 1. The predicted molar refractivity (Wildman–Crippen MR) is 80.3 cm³/mol. The van der Waals surface area contributed by atoms with Crippen LogP contribution in [0.2, 0.25) is 0 Å². The monoisotopic (exact) mass is 322 g/mol. The number of carbonyl (C=O) groups excluding carboxylic acids is 1. The summed E-state index contributed by atoms with van der Waals surface area (Å²) >= 11 is 0. The van der Waals surface area contributed by atoms with E-state index in [1.807, 2.05) is 0 Å². The van der Waals surface area contributed by atoms with Crippen molar-refractivity contribution in [2.75, 3.05) is 7.05 Å². The molecule has 7 heteroatoms. The van der Waals surface area contributed by atoms with Crippen molar-refractivity contribution in [1.29, 1.82) is 0 Å². The largest absolute Gasteiger partial charge is 0.473 e. The Kier molecular flexibility index (Phi) is 4.60. The standard InChI is InChI=1S/C15H15NO5S/c1-16(22(18,19)20,11-13-7-3-2-4-8-13)21-15-10-6-5-9-14(15)12-17/h2-10,12H,11H2,1H3/p+1. The van der Waals surface area contributed by atoms with Crippen molar-refractivity contribution in [2.24, 2.45) is 0 Å². The molecule has 2 aromatic carbocycles. The lowest BCUT2D eigenvalue weighted by molar-refractivity contribution is -0.973. The molecular formula is C15H16NO5S+. The number of rotatable bonds is 6. The molecule has 0 radical (unpaired) electrons. The summed E-state index contributed by atoms with van der Waals surface area (Å²) in [6.07, 6.45) is 0.562. The second kappa shape index (κ2) is 6.27. The van der Waals surface area contributed by atoms with Crippen LogP contribution in [0.15, 0.2) is 54.6 Å². The molecule has 0 aliphatic rings. The summed E-state index contributed by atoms with van der Waals surface area (Å²) in [6.45, 7) is -0.118. The molecule has 0 bridgehead atoms. The topological polar surface area (TPSA) is 80.7 Å². The highest BCUT2D eigenvalue weighted by Gasteiger charge is 2.41. The van der Waals surface area contributed by atoms with E-state index in [2.05, 4.69) is 0 Å². The van der Waals surface area contributed by atoms with Gasteiger partial charge in [-0.1, -0.05) is 42.5 Å². The number of benzene rings is 2. The van der Waals surface area contributed by atoms with Gasteiger partial charge in [-0.2, -0.15) is 0 Å². The van der Waals surface area contributed by atoms with Gasteiger partial charge in [0.15, 0.2) is 12.8 Å². The van der Waals surface area contributed by atoms with Gasteiger partial charge in [0, 0.05) is 5.56 Å². The fraction of sp³-hybridized carbons (Fsp3) is 0.133. The lowest BCUT2D eigenvalue weighted by atomic mass is 10.2. The molecule has 116 valence electrons. The van der Waals surface area contributed by atoms with Gasteiger partial charge in [0.25, 0.3) is 0 Å². The Morgan fingerprint density at radius 2 is 1.68 bits per heavy atom. The fourth-order valence-corrected chi connectivity index (χ4v) is 2.43. The maximum atomic E-state index is 11.8. The lowest BCUT2D eigenvalue weighted by Crippen LogP contribution is -2.51. The Morgan fingerprint density at radius 1 is 1.09 bits per heavy atom. The van der Waals surface area contributed by atoms with Crippen LogP contribution in [0.5, 0.6) is 5.75 Å². The van der Waals surface area contributed by atoms with Crippen LogP contribution in [0.1, 0.15) is 15.9 Å². The molecule has 6 nitrogen and oxygen atoms in total. The van der Waals surface area contributed by atoms with Crippen molar-refractivity contribution in [3.63, 3.8) is 0 Å². The minimum atomic E-state index is -4.59. The molecule has 0 fully saturated rings. The molecule has 0 aliphatic carbocycles. The number of hydrogen-bond donors (Lipinski definition) is 1. The molecule has 0 saturated heterocycles. The summed E-state index contributed by atoms with van der Waals surface area (Å²) in [5.74, 6) is 0.0774. The minimum Gasteiger partial charge on any atom is -0.298 e. The number of nitrogens with zero attached hydrogens (tertiary/aromatic N) is 1. The van der Waals surface area contributed by atoms with Crippen LogP contribution in [-0.2, 0) is 16.8 Å². The van der Waals surface area contributed by atoms with Gasteiger partial charge in [-0.15, -0.1) is 8.42 Å². The Morgan fingerprint density at radius 3 is 2.27 bits per heavy atom. The smallest absolute Gasteiger partial charge is 0.298 e. The highest BCUT2D eigenvalue weighted by Crippen LogP contribution is 2.24. The molecule has 0 aromatic heterocycles. The fourth-order valence-electron chi connectivity index (χ4n) is 1.95. The highest BCUT2D eigenvalue weighted by atomic mass is 32.2. The number of quaternary nitrogens is 1. The number of hydroxylamine groups is 2. The summed E-state index contributed by atoms with van der Waals surface area (Å²) < 4.78 is 32.0. The summed E-state index contributed by atoms with van der Waals surface area (Å²) in [5.41, 5.74) is 0.856. The molecule has 0 amide bonds. The average molecular weight is 322 g/mol. The van der Waals surface area contributed by atoms with Gasteiger partial charge in [-0.3, -0.25) is 9.63 Å². The second-order valence-corrected chi connectivity index (χ2v) is 6.52. The summed E-state index contributed by atoms with van der Waals surface area (Å²) in [4.78, 5) is 16.5. The van der Waals surface area contributed by atoms with E-state index in [0.29, 0.717) is 11.8 Å². The molecule has 1 atom stereocenters. The van der Waals surface area contributed by atoms with E-state index in [1.54, 1.807) is 42.5 Å². The van der Waals surface area contributed by atoms with Crippen molar-refractivity contribution < 1.29 is 26.7 Å². The Labute approximate surface area is 129 Å². The summed E-state index contributed by atoms with van der Waals surface area (Å²) in [5, 5.41) is 0. The zero-order chi connectivity index (χ0) is 16.2. The first-order chi connectivity index (χ1) is 10.4. The number of hydrogen-bond acceptors (Lipinski definition) is 4. The van der Waals surface area contributed by atoms with Crippen LogP contribution in [0.25, 0.3) is 0 Å². The Bertz CT molecular complexity index is 761. The normalized spacial score (nSPS) is 14.1. The third-order valence-corrected chi connectivity index (χ3v) is 4.32. The Balaban J connectivity index is 2.40. The van der Waals surface area contributed by atoms with Gasteiger partial charge in [0.05, 0.1) is 5.56 Å². The summed E-state index contributed by atoms with van der Waals surface area (Å²) in [7, 11) is -3.37. The van der Waals surface area contributed by atoms with Crippen molar-refractivity contribution in [3.8, 4) is 5.75 Å². The Hall–Kier alpha value is -2.22. The molecule has 0 aliphatic heterocycles. The quantitative estimate of drug-likeness (QED) is 0.382. The van der Waals surface area contributed by atoms with Gasteiger partial charge in [0.2, 0.25) is 5.75 Å². The number of aldehydes is 1. The van der Waals surface area contributed by atoms with Crippen LogP contribution < -0.4 is 4.84 Å². The van der Waals surface area contributed by atoms with Crippen molar-refractivity contribution >= 4 is 16.6 Å². The van der Waals surface area contributed by atoms with E-state index < -0.39 is 14.4 Å². The van der Waals surface area contributed by atoms with Crippen LogP contribution in [0.4, 0.5) is 0 Å². The van der Waals surface area contributed by atoms with E-state index in [4.69, 9.17) is 4.84 Å². The molecule has 22 heavy (non-hydrogen) atoms. The third-order valence-electron chi connectivity index (χ3n) is 3.14. The minimum absolute atomic E-state index is 0.0774. The SMILES string of the molecule is C[N+](Cc1ccccc1)(Oc1ccccc1C=O)S(=O)(=O)O. The first-order valence-corrected chi connectivity index (χ1v) is 7.86. The third kappa shape index (κ3) is 3.51. The van der Waals surface area contributed by atoms with Gasteiger partial charge in [-0.05, 0) is 16.2 Å². The van der Waals surface area contributed by atoms with E-state index in [9.17, 15) is 17.8 Å². The van der Waals surface area contributed by atoms with Crippen molar-refractivity contribution in [1.82, 2.24) is 0 Å². The summed E-state index contributed by atoms with van der Waals surface area (Å²) in [6, 6.07) is 14.9. The predicted octanol–water partition coefficient (Wildman–Crippen LogP) is 2.24. The van der Waals surface area contributed by atoms with Crippen molar-refractivity contribution in [3.05, 3.63) is 65.7 Å². The van der Waals surface area contributed by atoms with E-state index in [0.717, 1.165) is 0 Å². The first-order valence-electron chi connectivity index (χ1n) is 6.46.